The fourth-order valence-electron chi connectivity index (χ4n) is 2.04. The fourth-order valence-corrected chi connectivity index (χ4v) is 2.04. The van der Waals surface area contributed by atoms with Gasteiger partial charge >= 0.3 is 0 Å². The molecule has 3 nitrogen and oxygen atoms in total. The van der Waals surface area contributed by atoms with Crippen LogP contribution in [-0.4, -0.2) is 18.2 Å². The van der Waals surface area contributed by atoms with Gasteiger partial charge < -0.3 is 10.0 Å². The van der Waals surface area contributed by atoms with Crippen LogP contribution in [0, 0.1) is 11.3 Å². The van der Waals surface area contributed by atoms with Crippen LogP contribution in [0.3, 0.4) is 0 Å². The van der Waals surface area contributed by atoms with Crippen molar-refractivity contribution in [2.45, 2.75) is 39.7 Å². The van der Waals surface area contributed by atoms with Gasteiger partial charge in [-0.25, -0.2) is 0 Å². The summed E-state index contributed by atoms with van der Waals surface area (Å²) < 4.78 is 0. The number of unbranched alkanes of at least 4 members (excludes halogenated alkanes) is 1. The van der Waals surface area contributed by atoms with Crippen LogP contribution in [0.25, 0.3) is 0 Å². The largest absolute Gasteiger partial charge is 0.389 e. The van der Waals surface area contributed by atoms with E-state index in [1.165, 1.54) is 0 Å². The number of nitriles is 1. The number of nitrogens with zero attached hydrogens (tertiary/aromatic N) is 2. The molecule has 18 heavy (non-hydrogen) atoms. The highest BCUT2D eigenvalue weighted by molar-refractivity contribution is 5.58. The molecule has 1 unspecified atom stereocenters. The van der Waals surface area contributed by atoms with E-state index < -0.39 is 6.10 Å². The summed E-state index contributed by atoms with van der Waals surface area (Å²) in [6.45, 7) is 7.87. The third kappa shape index (κ3) is 3.48. The summed E-state index contributed by atoms with van der Waals surface area (Å²) in [5.74, 6) is 0. The molecule has 0 amide bonds. The Balaban J connectivity index is 3.12. The maximum atomic E-state index is 9.83. The van der Waals surface area contributed by atoms with Crippen LogP contribution in [-0.2, 0) is 0 Å². The summed E-state index contributed by atoms with van der Waals surface area (Å²) in [6, 6.07) is 7.65. The summed E-state index contributed by atoms with van der Waals surface area (Å²) in [4.78, 5) is 2.23. The highest BCUT2D eigenvalue weighted by atomic mass is 16.3. The van der Waals surface area contributed by atoms with E-state index in [0.717, 1.165) is 37.2 Å². The van der Waals surface area contributed by atoms with Gasteiger partial charge in [-0.1, -0.05) is 19.4 Å². The molecule has 0 fully saturated rings. The number of benzene rings is 1. The molecule has 1 rings (SSSR count). The van der Waals surface area contributed by atoms with Gasteiger partial charge in [0.1, 0.15) is 0 Å². The van der Waals surface area contributed by atoms with Crippen LogP contribution in [0.1, 0.15) is 50.8 Å². The Bertz CT molecular complexity index is 421. The van der Waals surface area contributed by atoms with Crippen molar-refractivity contribution in [1.29, 1.82) is 5.26 Å². The molecule has 1 atom stereocenters. The van der Waals surface area contributed by atoms with Gasteiger partial charge in [-0.2, -0.15) is 5.26 Å². The zero-order chi connectivity index (χ0) is 13.5. The average molecular weight is 246 g/mol. The first-order valence-corrected chi connectivity index (χ1v) is 6.61. The molecule has 1 aromatic carbocycles. The van der Waals surface area contributed by atoms with Crippen LogP contribution in [0.5, 0.6) is 0 Å². The second kappa shape index (κ2) is 7.03. The molecule has 0 aliphatic rings. The summed E-state index contributed by atoms with van der Waals surface area (Å²) in [5, 5.41) is 18.8. The zero-order valence-electron chi connectivity index (χ0n) is 11.5. The number of hydrogen-bond acceptors (Lipinski definition) is 3. The Morgan fingerprint density at radius 1 is 1.39 bits per heavy atom. The molecule has 0 aliphatic heterocycles. The van der Waals surface area contributed by atoms with E-state index in [1.807, 2.05) is 12.1 Å². The van der Waals surface area contributed by atoms with Gasteiger partial charge in [0.25, 0.3) is 0 Å². The van der Waals surface area contributed by atoms with Crippen LogP contribution in [0.2, 0.25) is 0 Å². The van der Waals surface area contributed by atoms with E-state index in [4.69, 9.17) is 5.26 Å². The molecule has 0 spiro atoms. The molecule has 0 saturated heterocycles. The quantitative estimate of drug-likeness (QED) is 0.838. The van der Waals surface area contributed by atoms with E-state index in [-0.39, 0.29) is 0 Å². The number of rotatable bonds is 6. The second-order valence-electron chi connectivity index (χ2n) is 4.49. The Morgan fingerprint density at radius 3 is 2.61 bits per heavy atom. The van der Waals surface area contributed by atoms with Gasteiger partial charge in [-0.15, -0.1) is 0 Å². The summed E-state index contributed by atoms with van der Waals surface area (Å²) in [7, 11) is 0. The van der Waals surface area contributed by atoms with Gasteiger partial charge in [0.05, 0.1) is 17.7 Å². The molecular formula is C15H22N2O. The number of aliphatic hydroxyl groups excluding tert-OH is 1. The van der Waals surface area contributed by atoms with Crippen LogP contribution in [0.15, 0.2) is 18.2 Å². The van der Waals surface area contributed by atoms with Gasteiger partial charge in [0.2, 0.25) is 0 Å². The molecule has 98 valence electrons. The van der Waals surface area contributed by atoms with Crippen molar-refractivity contribution in [1.82, 2.24) is 0 Å². The molecule has 0 heterocycles. The molecule has 0 aromatic heterocycles. The molecule has 0 bridgehead atoms. The predicted octanol–water partition coefficient (Wildman–Crippen LogP) is 3.24. The highest BCUT2D eigenvalue weighted by Gasteiger charge is 2.13. The van der Waals surface area contributed by atoms with Crippen LogP contribution < -0.4 is 4.90 Å². The molecule has 3 heteroatoms. The monoisotopic (exact) mass is 246 g/mol. The first-order chi connectivity index (χ1) is 8.63. The van der Waals surface area contributed by atoms with E-state index in [1.54, 1.807) is 13.0 Å². The second-order valence-corrected chi connectivity index (χ2v) is 4.49. The SMILES string of the molecule is CCCCN(CC)c1cc(C#N)ccc1C(C)O. The maximum absolute atomic E-state index is 9.83. The van der Waals surface area contributed by atoms with Crippen LogP contribution in [0.4, 0.5) is 5.69 Å². The van der Waals surface area contributed by atoms with Crippen molar-refractivity contribution < 1.29 is 5.11 Å². The van der Waals surface area contributed by atoms with Gasteiger partial charge in [-0.3, -0.25) is 0 Å². The smallest absolute Gasteiger partial charge is 0.0992 e. The Hall–Kier alpha value is -1.53. The minimum Gasteiger partial charge on any atom is -0.389 e. The Labute approximate surface area is 110 Å². The van der Waals surface area contributed by atoms with Crippen molar-refractivity contribution in [2.24, 2.45) is 0 Å². The summed E-state index contributed by atoms with van der Waals surface area (Å²) in [6.07, 6.45) is 1.74. The number of hydrogen-bond donors (Lipinski definition) is 1. The Kier molecular flexibility index (Phi) is 5.67. The topological polar surface area (TPSA) is 47.3 Å². The number of aliphatic hydroxyl groups is 1. The lowest BCUT2D eigenvalue weighted by molar-refractivity contribution is 0.199. The minimum atomic E-state index is -0.511. The van der Waals surface area contributed by atoms with E-state index in [0.29, 0.717) is 5.56 Å². The first kappa shape index (κ1) is 14.5. The molecular weight excluding hydrogens is 224 g/mol. The van der Waals surface area contributed by atoms with Gasteiger partial charge in [-0.05, 0) is 32.4 Å². The van der Waals surface area contributed by atoms with Gasteiger partial charge in [0.15, 0.2) is 0 Å². The zero-order valence-corrected chi connectivity index (χ0v) is 11.5. The van der Waals surface area contributed by atoms with E-state index in [2.05, 4.69) is 24.8 Å². The number of anilines is 1. The molecule has 1 aromatic rings. The van der Waals surface area contributed by atoms with Gasteiger partial charge in [0, 0.05) is 24.3 Å². The third-order valence-electron chi connectivity index (χ3n) is 3.11. The highest BCUT2D eigenvalue weighted by Crippen LogP contribution is 2.27. The Morgan fingerprint density at radius 2 is 2.11 bits per heavy atom. The average Bonchev–Trinajstić information content (AvgIpc) is 2.39. The lowest BCUT2D eigenvalue weighted by atomic mass is 10.0. The van der Waals surface area contributed by atoms with Crippen molar-refractivity contribution >= 4 is 5.69 Å². The third-order valence-corrected chi connectivity index (χ3v) is 3.11. The molecule has 0 radical (unpaired) electrons. The predicted molar refractivity (Wildman–Crippen MR) is 74.6 cm³/mol. The lowest BCUT2D eigenvalue weighted by Gasteiger charge is -2.26. The fraction of sp³-hybridized carbons (Fsp3) is 0.533. The van der Waals surface area contributed by atoms with Crippen LogP contribution >= 0.6 is 0 Å². The summed E-state index contributed by atoms with van der Waals surface area (Å²) in [5.41, 5.74) is 2.52. The van der Waals surface area contributed by atoms with Crippen molar-refractivity contribution in [3.05, 3.63) is 29.3 Å². The lowest BCUT2D eigenvalue weighted by Crippen LogP contribution is -2.25. The minimum absolute atomic E-state index is 0.511. The van der Waals surface area contributed by atoms with E-state index >= 15 is 0 Å². The van der Waals surface area contributed by atoms with Crippen molar-refractivity contribution in [2.75, 3.05) is 18.0 Å². The first-order valence-electron chi connectivity index (χ1n) is 6.61. The van der Waals surface area contributed by atoms with E-state index in [9.17, 15) is 5.11 Å². The molecule has 0 aliphatic carbocycles. The molecule has 0 saturated carbocycles. The standard InChI is InChI=1S/C15H22N2O/c1-4-6-9-17(5-2)15-10-13(11-16)7-8-14(15)12(3)18/h7-8,10,12,18H,4-6,9H2,1-3H3. The maximum Gasteiger partial charge on any atom is 0.0992 e. The molecule has 1 N–H and O–H groups in total. The van der Waals surface area contributed by atoms with Crippen molar-refractivity contribution in [3.63, 3.8) is 0 Å². The summed E-state index contributed by atoms with van der Waals surface area (Å²) >= 11 is 0. The normalized spacial score (nSPS) is 11.9. The van der Waals surface area contributed by atoms with Crippen molar-refractivity contribution in [3.8, 4) is 6.07 Å².